The molecule has 0 bridgehead atoms. The van der Waals surface area contributed by atoms with Gasteiger partial charge in [-0.2, -0.15) is 0 Å². The summed E-state index contributed by atoms with van der Waals surface area (Å²) in [4.78, 5) is 5.63. The van der Waals surface area contributed by atoms with Gasteiger partial charge in [-0.1, -0.05) is 0 Å². The molecule has 3 rings (SSSR count). The van der Waals surface area contributed by atoms with E-state index in [0.29, 0.717) is 6.04 Å². The van der Waals surface area contributed by atoms with Crippen LogP contribution in [0, 0.1) is 19.8 Å². The highest BCUT2D eigenvalue weighted by Gasteiger charge is 2.29. The molecule has 1 aliphatic carbocycles. The highest BCUT2D eigenvalue weighted by molar-refractivity contribution is 7.12. The third kappa shape index (κ3) is 3.21. The number of nitrogens with one attached hydrogen (secondary N) is 1. The Morgan fingerprint density at radius 2 is 2.16 bits per heavy atom. The summed E-state index contributed by atoms with van der Waals surface area (Å²) in [7, 11) is 0. The van der Waals surface area contributed by atoms with Crippen LogP contribution in [0.25, 0.3) is 0 Å². The van der Waals surface area contributed by atoms with E-state index in [4.69, 9.17) is 0 Å². The zero-order valence-corrected chi connectivity index (χ0v) is 13.2. The van der Waals surface area contributed by atoms with Crippen LogP contribution in [0.1, 0.15) is 47.5 Å². The van der Waals surface area contributed by atoms with E-state index in [-0.39, 0.29) is 0 Å². The number of rotatable bonds is 5. The molecule has 2 aliphatic rings. The van der Waals surface area contributed by atoms with Crippen molar-refractivity contribution >= 4 is 11.3 Å². The standard InChI is InChI=1S/C16H26N2S/c1-11-8-16(13(3)19-11)12(2)18-7-6-14(10-18)9-17-15-4-5-15/h8,12,14-15,17H,4-7,9-10H2,1-3H3. The summed E-state index contributed by atoms with van der Waals surface area (Å²) in [5.74, 6) is 0.864. The fraction of sp³-hybridized carbons (Fsp3) is 0.750. The molecule has 0 aromatic carbocycles. The van der Waals surface area contributed by atoms with Crippen molar-refractivity contribution in [2.75, 3.05) is 19.6 Å². The van der Waals surface area contributed by atoms with Crippen LogP contribution in [-0.4, -0.2) is 30.6 Å². The zero-order chi connectivity index (χ0) is 13.4. The minimum Gasteiger partial charge on any atom is -0.314 e. The minimum atomic E-state index is 0.593. The summed E-state index contributed by atoms with van der Waals surface area (Å²) < 4.78 is 0. The van der Waals surface area contributed by atoms with E-state index >= 15 is 0 Å². The molecule has 19 heavy (non-hydrogen) atoms. The van der Waals surface area contributed by atoms with Gasteiger partial charge in [-0.05, 0) is 70.7 Å². The average Bonchev–Trinajstić information content (AvgIpc) is 2.98. The second-order valence-corrected chi connectivity index (χ2v) is 7.84. The number of hydrogen-bond acceptors (Lipinski definition) is 3. The van der Waals surface area contributed by atoms with Gasteiger partial charge in [0.25, 0.3) is 0 Å². The molecule has 106 valence electrons. The summed E-state index contributed by atoms with van der Waals surface area (Å²) in [5.41, 5.74) is 1.55. The predicted molar refractivity (Wildman–Crippen MR) is 82.9 cm³/mol. The van der Waals surface area contributed by atoms with Crippen LogP contribution in [0.2, 0.25) is 0 Å². The largest absolute Gasteiger partial charge is 0.314 e. The van der Waals surface area contributed by atoms with E-state index in [1.165, 1.54) is 48.7 Å². The van der Waals surface area contributed by atoms with Gasteiger partial charge in [-0.15, -0.1) is 11.3 Å². The molecule has 1 aromatic heterocycles. The first-order valence-electron chi connectivity index (χ1n) is 7.68. The van der Waals surface area contributed by atoms with Crippen molar-refractivity contribution in [1.29, 1.82) is 0 Å². The third-order valence-electron chi connectivity index (χ3n) is 4.67. The van der Waals surface area contributed by atoms with E-state index in [1.807, 2.05) is 11.3 Å². The lowest BCUT2D eigenvalue weighted by Gasteiger charge is -2.24. The number of likely N-dealkylation sites (tertiary alicyclic amines) is 1. The first kappa shape index (κ1) is 13.6. The first-order chi connectivity index (χ1) is 9.13. The van der Waals surface area contributed by atoms with Crippen molar-refractivity contribution in [2.24, 2.45) is 5.92 Å². The van der Waals surface area contributed by atoms with Crippen molar-refractivity contribution in [2.45, 2.75) is 52.1 Å². The van der Waals surface area contributed by atoms with Crippen LogP contribution in [0.3, 0.4) is 0 Å². The summed E-state index contributed by atoms with van der Waals surface area (Å²) in [6.07, 6.45) is 4.17. The van der Waals surface area contributed by atoms with Gasteiger partial charge in [0.15, 0.2) is 0 Å². The van der Waals surface area contributed by atoms with Crippen molar-refractivity contribution in [3.63, 3.8) is 0 Å². The van der Waals surface area contributed by atoms with Gasteiger partial charge in [0.05, 0.1) is 0 Å². The van der Waals surface area contributed by atoms with Gasteiger partial charge in [-0.25, -0.2) is 0 Å². The predicted octanol–water partition coefficient (Wildman–Crippen LogP) is 3.50. The Hall–Kier alpha value is -0.380. The lowest BCUT2D eigenvalue weighted by Crippen LogP contribution is -2.29. The zero-order valence-electron chi connectivity index (χ0n) is 12.4. The Morgan fingerprint density at radius 3 is 2.79 bits per heavy atom. The van der Waals surface area contributed by atoms with E-state index < -0.39 is 0 Å². The van der Waals surface area contributed by atoms with Gasteiger partial charge < -0.3 is 5.32 Å². The molecule has 2 unspecified atom stereocenters. The second kappa shape index (κ2) is 5.55. The quantitative estimate of drug-likeness (QED) is 0.887. The van der Waals surface area contributed by atoms with E-state index in [1.54, 1.807) is 5.56 Å². The maximum absolute atomic E-state index is 3.69. The van der Waals surface area contributed by atoms with E-state index in [0.717, 1.165) is 12.0 Å². The molecule has 2 atom stereocenters. The molecular weight excluding hydrogens is 252 g/mol. The Morgan fingerprint density at radius 1 is 1.37 bits per heavy atom. The van der Waals surface area contributed by atoms with Crippen molar-refractivity contribution in [3.8, 4) is 0 Å². The lowest BCUT2D eigenvalue weighted by atomic mass is 10.1. The molecule has 1 saturated carbocycles. The highest BCUT2D eigenvalue weighted by atomic mass is 32.1. The van der Waals surface area contributed by atoms with Gasteiger partial charge in [0.1, 0.15) is 0 Å². The first-order valence-corrected chi connectivity index (χ1v) is 8.49. The van der Waals surface area contributed by atoms with Crippen molar-refractivity contribution < 1.29 is 0 Å². The third-order valence-corrected chi connectivity index (χ3v) is 5.65. The molecule has 2 heterocycles. The number of nitrogens with zero attached hydrogens (tertiary/aromatic N) is 1. The molecule has 1 saturated heterocycles. The molecule has 3 heteroatoms. The summed E-state index contributed by atoms with van der Waals surface area (Å²) in [5, 5.41) is 3.69. The molecule has 1 aliphatic heterocycles. The fourth-order valence-electron chi connectivity index (χ4n) is 3.26. The summed E-state index contributed by atoms with van der Waals surface area (Å²) in [6.45, 7) is 10.6. The van der Waals surface area contributed by atoms with E-state index in [2.05, 4.69) is 37.1 Å². The summed E-state index contributed by atoms with van der Waals surface area (Å²) >= 11 is 1.94. The van der Waals surface area contributed by atoms with Crippen LogP contribution >= 0.6 is 11.3 Å². The Kier molecular flexibility index (Phi) is 3.97. The second-order valence-electron chi connectivity index (χ2n) is 6.38. The molecule has 0 amide bonds. The topological polar surface area (TPSA) is 15.3 Å². The molecule has 1 aromatic rings. The van der Waals surface area contributed by atoms with Crippen LogP contribution in [-0.2, 0) is 0 Å². The molecule has 1 N–H and O–H groups in total. The van der Waals surface area contributed by atoms with E-state index in [9.17, 15) is 0 Å². The Labute approximate surface area is 121 Å². The summed E-state index contributed by atoms with van der Waals surface area (Å²) in [6, 6.07) is 3.84. The average molecular weight is 278 g/mol. The van der Waals surface area contributed by atoms with Gasteiger partial charge in [-0.3, -0.25) is 4.90 Å². The van der Waals surface area contributed by atoms with Crippen LogP contribution in [0.4, 0.5) is 0 Å². The number of thiophene rings is 1. The Balaban J connectivity index is 1.55. The van der Waals surface area contributed by atoms with Gasteiger partial charge >= 0.3 is 0 Å². The highest BCUT2D eigenvalue weighted by Crippen LogP contribution is 2.33. The van der Waals surface area contributed by atoms with Crippen LogP contribution in [0.5, 0.6) is 0 Å². The molecule has 0 radical (unpaired) electrons. The fourth-order valence-corrected chi connectivity index (χ4v) is 4.28. The molecule has 2 nitrogen and oxygen atoms in total. The SMILES string of the molecule is Cc1cc(C(C)N2CCC(CNC3CC3)C2)c(C)s1. The lowest BCUT2D eigenvalue weighted by molar-refractivity contribution is 0.251. The number of aryl methyl sites for hydroxylation is 2. The molecule has 0 spiro atoms. The minimum absolute atomic E-state index is 0.593. The van der Waals surface area contributed by atoms with Crippen LogP contribution < -0.4 is 5.32 Å². The van der Waals surface area contributed by atoms with Gasteiger partial charge in [0, 0.05) is 28.4 Å². The van der Waals surface area contributed by atoms with Gasteiger partial charge in [0.2, 0.25) is 0 Å². The Bertz CT molecular complexity index is 436. The normalized spacial score (nSPS) is 25.9. The smallest absolute Gasteiger partial charge is 0.0331 e. The van der Waals surface area contributed by atoms with Crippen molar-refractivity contribution in [1.82, 2.24) is 10.2 Å². The monoisotopic (exact) mass is 278 g/mol. The molecular formula is C16H26N2S. The number of hydrogen-bond donors (Lipinski definition) is 1. The maximum atomic E-state index is 3.69. The maximum Gasteiger partial charge on any atom is 0.0331 e. The van der Waals surface area contributed by atoms with Crippen LogP contribution in [0.15, 0.2) is 6.07 Å². The molecule has 2 fully saturated rings. The van der Waals surface area contributed by atoms with Crippen molar-refractivity contribution in [3.05, 3.63) is 21.4 Å².